The molecule has 1 amide bonds. The van der Waals surface area contributed by atoms with Crippen molar-refractivity contribution in [3.05, 3.63) is 23.8 Å². The highest BCUT2D eigenvalue weighted by Crippen LogP contribution is 2.25. The van der Waals surface area contributed by atoms with Crippen LogP contribution in [0.25, 0.3) is 0 Å². The zero-order chi connectivity index (χ0) is 17.9. The molecule has 1 aromatic rings. The van der Waals surface area contributed by atoms with Crippen molar-refractivity contribution in [2.45, 2.75) is 32.5 Å². The van der Waals surface area contributed by atoms with Crippen molar-refractivity contribution >= 4 is 24.6 Å². The van der Waals surface area contributed by atoms with Crippen LogP contribution in [0.1, 0.15) is 32.4 Å². The van der Waals surface area contributed by atoms with Crippen molar-refractivity contribution in [2.24, 2.45) is 0 Å². The van der Waals surface area contributed by atoms with Crippen molar-refractivity contribution in [1.29, 1.82) is 0 Å². The molecule has 0 saturated carbocycles. The van der Waals surface area contributed by atoms with Gasteiger partial charge in [0.1, 0.15) is 11.4 Å². The number of alkyl carbamates (subject to hydrolysis) is 1. The third-order valence-electron chi connectivity index (χ3n) is 3.16. The largest absolute Gasteiger partial charge is 0.492 e. The molecule has 0 saturated heterocycles. The molecule has 0 radical (unpaired) electrons. The lowest BCUT2D eigenvalue weighted by atomic mass is 9.79. The predicted octanol–water partition coefficient (Wildman–Crippen LogP) is 0.434. The van der Waals surface area contributed by atoms with E-state index in [2.05, 4.69) is 5.32 Å². The molecule has 0 spiro atoms. The van der Waals surface area contributed by atoms with Gasteiger partial charge in [0.2, 0.25) is 0 Å². The predicted molar refractivity (Wildman–Crippen MR) is 85.2 cm³/mol. The fourth-order valence-corrected chi connectivity index (χ4v) is 2.25. The van der Waals surface area contributed by atoms with Gasteiger partial charge < -0.3 is 29.6 Å². The Morgan fingerprint density at radius 3 is 2.71 bits per heavy atom. The first-order valence-corrected chi connectivity index (χ1v) is 7.44. The van der Waals surface area contributed by atoms with Crippen LogP contribution in [-0.4, -0.2) is 48.1 Å². The highest BCUT2D eigenvalue weighted by Gasteiger charge is 2.35. The SMILES string of the molecule is CC(C)(C)OC(=O)NCC1OB(O)c2cc(OCC(=O)O)ccc21. The van der Waals surface area contributed by atoms with Gasteiger partial charge in [0, 0.05) is 6.54 Å². The Balaban J connectivity index is 1.99. The van der Waals surface area contributed by atoms with Crippen LogP contribution in [0.3, 0.4) is 0 Å². The summed E-state index contributed by atoms with van der Waals surface area (Å²) in [6, 6.07) is 4.78. The molecule has 1 aliphatic heterocycles. The Morgan fingerprint density at radius 1 is 1.38 bits per heavy atom. The molecule has 1 heterocycles. The molecule has 1 aliphatic rings. The van der Waals surface area contributed by atoms with Gasteiger partial charge in [0.25, 0.3) is 0 Å². The number of carbonyl (C=O) groups excluding carboxylic acids is 1. The van der Waals surface area contributed by atoms with Crippen LogP contribution < -0.4 is 15.5 Å². The van der Waals surface area contributed by atoms with Crippen molar-refractivity contribution in [3.8, 4) is 5.75 Å². The van der Waals surface area contributed by atoms with Gasteiger partial charge in [-0.3, -0.25) is 0 Å². The van der Waals surface area contributed by atoms with Crippen LogP contribution in [0, 0.1) is 0 Å². The smallest absolute Gasteiger partial charge is 0.482 e. The molecule has 0 bridgehead atoms. The summed E-state index contributed by atoms with van der Waals surface area (Å²) in [7, 11) is -1.17. The van der Waals surface area contributed by atoms with Gasteiger partial charge in [-0.1, -0.05) is 6.07 Å². The van der Waals surface area contributed by atoms with Crippen LogP contribution in [0.15, 0.2) is 18.2 Å². The van der Waals surface area contributed by atoms with Crippen LogP contribution in [-0.2, 0) is 14.2 Å². The summed E-state index contributed by atoms with van der Waals surface area (Å²) in [4.78, 5) is 22.2. The summed E-state index contributed by atoms with van der Waals surface area (Å²) in [5.74, 6) is -0.772. The molecular weight excluding hydrogens is 317 g/mol. The van der Waals surface area contributed by atoms with Gasteiger partial charge >= 0.3 is 19.2 Å². The number of carboxylic acids is 1. The fraction of sp³-hybridized carbons (Fsp3) is 0.467. The van der Waals surface area contributed by atoms with Gasteiger partial charge in [-0.25, -0.2) is 9.59 Å². The Bertz CT molecular complexity index is 629. The second kappa shape index (κ2) is 7.10. The molecule has 0 aliphatic carbocycles. The Kier molecular flexibility index (Phi) is 5.35. The van der Waals surface area contributed by atoms with E-state index in [-0.39, 0.29) is 6.54 Å². The quantitative estimate of drug-likeness (QED) is 0.668. The number of hydrogen-bond acceptors (Lipinski definition) is 6. The number of amides is 1. The molecule has 9 heteroatoms. The van der Waals surface area contributed by atoms with Crippen LogP contribution in [0.5, 0.6) is 5.75 Å². The number of rotatable bonds is 5. The molecule has 8 nitrogen and oxygen atoms in total. The maximum Gasteiger partial charge on any atom is 0.492 e. The van der Waals surface area contributed by atoms with Gasteiger partial charge in [0.15, 0.2) is 6.61 Å². The zero-order valence-corrected chi connectivity index (χ0v) is 13.7. The lowest BCUT2D eigenvalue weighted by Crippen LogP contribution is -2.35. The van der Waals surface area contributed by atoms with Gasteiger partial charge in [0.05, 0.1) is 6.10 Å². The molecule has 1 aromatic carbocycles. The van der Waals surface area contributed by atoms with E-state index in [4.69, 9.17) is 19.2 Å². The monoisotopic (exact) mass is 337 g/mol. The summed E-state index contributed by atoms with van der Waals surface area (Å²) in [6.07, 6.45) is -1.11. The van der Waals surface area contributed by atoms with Crippen molar-refractivity contribution in [3.63, 3.8) is 0 Å². The van der Waals surface area contributed by atoms with E-state index in [9.17, 15) is 14.6 Å². The third kappa shape index (κ3) is 4.87. The molecule has 0 aromatic heterocycles. The minimum absolute atomic E-state index is 0.133. The summed E-state index contributed by atoms with van der Waals surface area (Å²) in [5.41, 5.74) is 0.573. The summed E-state index contributed by atoms with van der Waals surface area (Å²) in [6.45, 7) is 4.94. The summed E-state index contributed by atoms with van der Waals surface area (Å²) >= 11 is 0. The first-order valence-electron chi connectivity index (χ1n) is 7.44. The number of carbonyl (C=O) groups is 2. The maximum absolute atomic E-state index is 11.7. The van der Waals surface area contributed by atoms with Gasteiger partial charge in [-0.2, -0.15) is 0 Å². The van der Waals surface area contributed by atoms with E-state index in [1.54, 1.807) is 32.9 Å². The average molecular weight is 337 g/mol. The van der Waals surface area contributed by atoms with E-state index in [1.807, 2.05) is 0 Å². The first-order chi connectivity index (χ1) is 11.2. The zero-order valence-electron chi connectivity index (χ0n) is 13.7. The molecule has 0 fully saturated rings. The highest BCUT2D eigenvalue weighted by molar-refractivity contribution is 6.61. The number of ether oxygens (including phenoxy) is 2. The minimum Gasteiger partial charge on any atom is -0.482 e. The summed E-state index contributed by atoms with van der Waals surface area (Å²) < 4.78 is 15.6. The number of nitrogens with one attached hydrogen (secondary N) is 1. The topological polar surface area (TPSA) is 114 Å². The number of carboxylic acid groups (broad SMARTS) is 1. The van der Waals surface area contributed by atoms with Crippen molar-refractivity contribution < 1.29 is 33.8 Å². The third-order valence-corrected chi connectivity index (χ3v) is 3.16. The van der Waals surface area contributed by atoms with Crippen LogP contribution >= 0.6 is 0 Å². The Labute approximate surface area is 139 Å². The second-order valence-electron chi connectivity index (χ2n) is 6.33. The van der Waals surface area contributed by atoms with Gasteiger partial charge in [-0.05, 0) is 43.9 Å². The highest BCUT2D eigenvalue weighted by atomic mass is 16.6. The van der Waals surface area contributed by atoms with E-state index in [0.717, 1.165) is 0 Å². The standard InChI is InChI=1S/C15H20BNO7/c1-15(2,3)23-14(20)17-7-12-10-5-4-9(22-8-13(18)19)6-11(10)16(21)24-12/h4-6,12,21H,7-8H2,1-3H3,(H,17,20)(H,18,19). The molecule has 3 N–H and O–H groups in total. The summed E-state index contributed by atoms with van der Waals surface area (Å²) in [5, 5.41) is 21.2. The lowest BCUT2D eigenvalue weighted by molar-refractivity contribution is -0.139. The molecule has 130 valence electrons. The van der Waals surface area contributed by atoms with Crippen molar-refractivity contribution in [1.82, 2.24) is 5.32 Å². The minimum atomic E-state index is -1.17. The molecule has 1 unspecified atom stereocenters. The Morgan fingerprint density at radius 2 is 2.08 bits per heavy atom. The normalized spacial score (nSPS) is 16.5. The Hall–Kier alpha value is -2.26. The fourth-order valence-electron chi connectivity index (χ4n) is 2.25. The molecule has 24 heavy (non-hydrogen) atoms. The van der Waals surface area contributed by atoms with Gasteiger partial charge in [-0.15, -0.1) is 0 Å². The maximum atomic E-state index is 11.7. The first kappa shape index (κ1) is 18.1. The molecule has 2 rings (SSSR count). The van der Waals surface area contributed by atoms with E-state index >= 15 is 0 Å². The number of hydrogen-bond donors (Lipinski definition) is 3. The van der Waals surface area contributed by atoms with Crippen LogP contribution in [0.4, 0.5) is 4.79 Å². The van der Waals surface area contributed by atoms with E-state index < -0.39 is 37.5 Å². The molecular formula is C15H20BNO7. The van der Waals surface area contributed by atoms with E-state index in [0.29, 0.717) is 16.8 Å². The van der Waals surface area contributed by atoms with Crippen molar-refractivity contribution in [2.75, 3.05) is 13.2 Å². The number of fused-ring (bicyclic) bond motifs is 1. The van der Waals surface area contributed by atoms with Crippen LogP contribution in [0.2, 0.25) is 0 Å². The number of benzene rings is 1. The average Bonchev–Trinajstić information content (AvgIpc) is 2.77. The lowest BCUT2D eigenvalue weighted by Gasteiger charge is -2.21. The van der Waals surface area contributed by atoms with E-state index in [1.165, 1.54) is 6.07 Å². The second-order valence-corrected chi connectivity index (χ2v) is 6.33. The molecule has 1 atom stereocenters. The number of aliphatic carboxylic acids is 1.